The lowest BCUT2D eigenvalue weighted by Gasteiger charge is -2.27. The predicted molar refractivity (Wildman–Crippen MR) is 189 cm³/mol. The SMILES string of the molecule is CCCCCCCCCCCCCC(=O)O[C@@H](c1ccccc1)[C@H](NC(=O)Cc1ccc(N(CCCl)CCCl)cc1)C(=O)OCC. The molecule has 2 rings (SSSR count). The van der Waals surface area contributed by atoms with Crippen LogP contribution in [0, 0.1) is 0 Å². The van der Waals surface area contributed by atoms with E-state index in [1.165, 1.54) is 51.4 Å². The van der Waals surface area contributed by atoms with Gasteiger partial charge < -0.3 is 19.7 Å². The van der Waals surface area contributed by atoms with E-state index in [0.29, 0.717) is 30.4 Å². The molecule has 2 aromatic rings. The second-order valence-corrected chi connectivity index (χ2v) is 12.4. The van der Waals surface area contributed by atoms with Gasteiger partial charge in [-0.2, -0.15) is 0 Å². The van der Waals surface area contributed by atoms with Gasteiger partial charge in [-0.1, -0.05) is 114 Å². The lowest BCUT2D eigenvalue weighted by atomic mass is 10.0. The van der Waals surface area contributed by atoms with Crippen LogP contribution in [0.2, 0.25) is 0 Å². The standard InChI is InChI=1S/C37H54Cl2N2O5/c1-3-5-6-7-8-9-10-11-12-13-17-20-34(43)46-36(31-18-15-14-16-19-31)35(37(44)45-4-2)40-33(42)29-30-21-23-32(24-22-30)41(27-25-38)28-26-39/h14-16,18-19,21-24,35-36H,3-13,17,20,25-29H2,1-2H3,(H,40,42)/t35-,36-/m0/s1. The van der Waals surface area contributed by atoms with Crippen molar-refractivity contribution in [3.8, 4) is 0 Å². The van der Waals surface area contributed by atoms with Crippen LogP contribution in [0.1, 0.15) is 108 Å². The molecule has 1 amide bonds. The maximum Gasteiger partial charge on any atom is 0.332 e. The summed E-state index contributed by atoms with van der Waals surface area (Å²) in [5.74, 6) is -0.486. The van der Waals surface area contributed by atoms with Crippen molar-refractivity contribution in [1.29, 1.82) is 0 Å². The van der Waals surface area contributed by atoms with Crippen molar-refractivity contribution in [2.45, 2.75) is 109 Å². The molecule has 0 aliphatic heterocycles. The van der Waals surface area contributed by atoms with Crippen molar-refractivity contribution in [3.05, 3.63) is 65.7 Å². The van der Waals surface area contributed by atoms with E-state index in [9.17, 15) is 14.4 Å². The summed E-state index contributed by atoms with van der Waals surface area (Å²) in [5.41, 5.74) is 2.34. The first kappa shape index (κ1) is 39.4. The molecule has 0 saturated carbocycles. The number of halogens is 2. The molecule has 0 radical (unpaired) electrons. The largest absolute Gasteiger partial charge is 0.464 e. The molecule has 0 spiro atoms. The minimum absolute atomic E-state index is 0.0371. The molecule has 0 fully saturated rings. The summed E-state index contributed by atoms with van der Waals surface area (Å²) in [5, 5.41) is 2.81. The Morgan fingerprint density at radius 2 is 1.33 bits per heavy atom. The maximum absolute atomic E-state index is 13.3. The third-order valence-electron chi connectivity index (χ3n) is 7.91. The normalized spacial score (nSPS) is 12.3. The van der Waals surface area contributed by atoms with Gasteiger partial charge in [-0.05, 0) is 36.6 Å². The Balaban J connectivity index is 2.00. The second-order valence-electron chi connectivity index (χ2n) is 11.6. The van der Waals surface area contributed by atoms with E-state index >= 15 is 0 Å². The van der Waals surface area contributed by atoms with E-state index in [4.69, 9.17) is 32.7 Å². The molecule has 0 heterocycles. The molecule has 2 atom stereocenters. The average Bonchev–Trinajstić information content (AvgIpc) is 3.06. The van der Waals surface area contributed by atoms with E-state index < -0.39 is 24.1 Å². The predicted octanol–water partition coefficient (Wildman–Crippen LogP) is 8.55. The lowest BCUT2D eigenvalue weighted by Crippen LogP contribution is -2.47. The quantitative estimate of drug-likeness (QED) is 0.0644. The van der Waals surface area contributed by atoms with E-state index in [1.54, 1.807) is 19.1 Å². The highest BCUT2D eigenvalue weighted by atomic mass is 35.5. The maximum atomic E-state index is 13.3. The number of amides is 1. The molecule has 9 heteroatoms. The monoisotopic (exact) mass is 676 g/mol. The minimum atomic E-state index is -1.20. The van der Waals surface area contributed by atoms with Gasteiger partial charge in [0, 0.05) is 37.0 Å². The van der Waals surface area contributed by atoms with Crippen LogP contribution in [-0.2, 0) is 30.3 Å². The van der Waals surface area contributed by atoms with Crippen molar-refractivity contribution in [2.75, 3.05) is 36.4 Å². The molecule has 0 aromatic heterocycles. The van der Waals surface area contributed by atoms with Crippen molar-refractivity contribution in [3.63, 3.8) is 0 Å². The number of nitrogens with one attached hydrogen (secondary N) is 1. The zero-order chi connectivity index (χ0) is 33.4. The topological polar surface area (TPSA) is 84.9 Å². The summed E-state index contributed by atoms with van der Waals surface area (Å²) in [6, 6.07) is 15.4. The van der Waals surface area contributed by atoms with E-state index in [1.807, 2.05) is 42.5 Å². The number of unbranched alkanes of at least 4 members (excludes halogenated alkanes) is 10. The van der Waals surface area contributed by atoms with Crippen LogP contribution >= 0.6 is 23.2 Å². The molecule has 1 N–H and O–H groups in total. The first-order chi connectivity index (χ1) is 22.4. The Hall–Kier alpha value is -2.77. The highest BCUT2D eigenvalue weighted by molar-refractivity contribution is 6.18. The van der Waals surface area contributed by atoms with Crippen LogP contribution in [0.15, 0.2) is 54.6 Å². The van der Waals surface area contributed by atoms with Gasteiger partial charge in [0.1, 0.15) is 0 Å². The number of anilines is 1. The van der Waals surface area contributed by atoms with Gasteiger partial charge in [-0.3, -0.25) is 9.59 Å². The van der Waals surface area contributed by atoms with Crippen LogP contribution in [0.4, 0.5) is 5.69 Å². The summed E-state index contributed by atoms with van der Waals surface area (Å²) in [4.78, 5) is 41.5. The molecule has 7 nitrogen and oxygen atoms in total. The molecule has 0 aliphatic carbocycles. The number of esters is 2. The Bertz CT molecular complexity index is 1110. The first-order valence-electron chi connectivity index (χ1n) is 17.1. The van der Waals surface area contributed by atoms with Crippen molar-refractivity contribution >= 4 is 46.7 Å². The number of benzene rings is 2. The highest BCUT2D eigenvalue weighted by Crippen LogP contribution is 2.25. The number of hydrogen-bond donors (Lipinski definition) is 1. The summed E-state index contributed by atoms with van der Waals surface area (Å²) in [6.07, 6.45) is 12.3. The van der Waals surface area contributed by atoms with E-state index in [0.717, 1.165) is 30.5 Å². The fraction of sp³-hybridized carbons (Fsp3) is 0.595. The Kier molecular flexibility index (Phi) is 20.9. The van der Waals surface area contributed by atoms with Gasteiger partial charge in [-0.25, -0.2) is 4.79 Å². The van der Waals surface area contributed by atoms with Crippen LogP contribution in [0.5, 0.6) is 0 Å². The lowest BCUT2D eigenvalue weighted by molar-refractivity contribution is -0.160. The first-order valence-corrected chi connectivity index (χ1v) is 18.2. The highest BCUT2D eigenvalue weighted by Gasteiger charge is 2.35. The van der Waals surface area contributed by atoms with Gasteiger partial charge in [0.2, 0.25) is 5.91 Å². The van der Waals surface area contributed by atoms with Gasteiger partial charge in [0.15, 0.2) is 12.1 Å². The molecule has 2 aromatic carbocycles. The number of rotatable bonds is 25. The number of carbonyl (C=O) groups excluding carboxylic acids is 3. The fourth-order valence-electron chi connectivity index (χ4n) is 5.40. The fourth-order valence-corrected chi connectivity index (χ4v) is 5.81. The molecule has 0 unspecified atom stereocenters. The molecular formula is C37H54Cl2N2O5. The second kappa shape index (κ2) is 24.4. The van der Waals surface area contributed by atoms with Gasteiger partial charge >= 0.3 is 11.9 Å². The summed E-state index contributed by atoms with van der Waals surface area (Å²) < 4.78 is 11.2. The minimum Gasteiger partial charge on any atom is -0.464 e. The Morgan fingerprint density at radius 1 is 0.761 bits per heavy atom. The summed E-state index contributed by atoms with van der Waals surface area (Å²) in [6.45, 7) is 5.38. The van der Waals surface area contributed by atoms with Crippen molar-refractivity contribution in [2.24, 2.45) is 0 Å². The smallest absolute Gasteiger partial charge is 0.332 e. The molecule has 256 valence electrons. The summed E-state index contributed by atoms with van der Waals surface area (Å²) in [7, 11) is 0. The zero-order valence-electron chi connectivity index (χ0n) is 27.8. The van der Waals surface area contributed by atoms with Gasteiger partial charge in [-0.15, -0.1) is 23.2 Å². The molecular weight excluding hydrogens is 623 g/mol. The van der Waals surface area contributed by atoms with Crippen LogP contribution in [0.25, 0.3) is 0 Å². The van der Waals surface area contributed by atoms with E-state index in [-0.39, 0.29) is 25.4 Å². The van der Waals surface area contributed by atoms with Crippen LogP contribution in [-0.4, -0.2) is 55.3 Å². The number of alkyl halides is 2. The Morgan fingerprint density at radius 3 is 1.87 bits per heavy atom. The van der Waals surface area contributed by atoms with Crippen LogP contribution in [0.3, 0.4) is 0 Å². The van der Waals surface area contributed by atoms with E-state index in [2.05, 4.69) is 17.1 Å². The molecule has 46 heavy (non-hydrogen) atoms. The van der Waals surface area contributed by atoms with Crippen molar-refractivity contribution in [1.82, 2.24) is 5.32 Å². The number of ether oxygens (including phenoxy) is 2. The number of nitrogens with zero attached hydrogens (tertiary/aromatic N) is 1. The van der Waals surface area contributed by atoms with Gasteiger partial charge in [0.05, 0.1) is 13.0 Å². The third-order valence-corrected chi connectivity index (χ3v) is 8.24. The zero-order valence-corrected chi connectivity index (χ0v) is 29.3. The molecule has 0 saturated heterocycles. The number of hydrogen-bond acceptors (Lipinski definition) is 6. The summed E-state index contributed by atoms with van der Waals surface area (Å²) >= 11 is 11.9. The Labute approximate surface area is 286 Å². The molecule has 0 bridgehead atoms. The average molecular weight is 678 g/mol. The van der Waals surface area contributed by atoms with Crippen LogP contribution < -0.4 is 10.2 Å². The van der Waals surface area contributed by atoms with Crippen molar-refractivity contribution < 1.29 is 23.9 Å². The third kappa shape index (κ3) is 15.7. The molecule has 0 aliphatic rings. The van der Waals surface area contributed by atoms with Gasteiger partial charge in [0.25, 0.3) is 0 Å². The number of carbonyl (C=O) groups is 3.